The molecule has 0 amide bonds. The Morgan fingerprint density at radius 3 is 2.71 bits per heavy atom. The summed E-state index contributed by atoms with van der Waals surface area (Å²) in [5, 5.41) is 3.44. The number of halogens is 1. The molecule has 1 aromatic rings. The molecule has 0 aliphatic carbocycles. The van der Waals surface area contributed by atoms with Gasteiger partial charge in [-0.25, -0.2) is 0 Å². The van der Waals surface area contributed by atoms with Gasteiger partial charge in [-0.1, -0.05) is 18.2 Å². The van der Waals surface area contributed by atoms with Crippen LogP contribution in [0.2, 0.25) is 0 Å². The quantitative estimate of drug-likeness (QED) is 0.216. The molecule has 2 saturated heterocycles. The second-order valence-corrected chi connectivity index (χ2v) is 8.21. The molecule has 2 aliphatic rings. The molecular formula is C24H40IN3O3. The zero-order valence-corrected chi connectivity index (χ0v) is 21.5. The number of aryl methyl sites for hydroxylation is 1. The Morgan fingerprint density at radius 1 is 1.19 bits per heavy atom. The van der Waals surface area contributed by atoms with Crippen LogP contribution in [0.3, 0.4) is 0 Å². The van der Waals surface area contributed by atoms with Gasteiger partial charge in [0.05, 0.1) is 25.4 Å². The van der Waals surface area contributed by atoms with E-state index in [1.807, 2.05) is 18.2 Å². The number of nitrogens with zero attached hydrogens (tertiary/aromatic N) is 2. The summed E-state index contributed by atoms with van der Waals surface area (Å²) in [6.45, 7) is 10.2. The highest BCUT2D eigenvalue weighted by molar-refractivity contribution is 14.0. The molecule has 0 aromatic heterocycles. The highest BCUT2D eigenvalue weighted by Crippen LogP contribution is 2.18. The van der Waals surface area contributed by atoms with Gasteiger partial charge in [0.15, 0.2) is 5.96 Å². The molecule has 0 radical (unpaired) electrons. The third-order valence-corrected chi connectivity index (χ3v) is 5.78. The number of guanidine groups is 1. The Balaban J connectivity index is 0.00000341. The molecule has 2 fully saturated rings. The van der Waals surface area contributed by atoms with Gasteiger partial charge in [-0.3, -0.25) is 4.99 Å². The lowest BCUT2D eigenvalue weighted by molar-refractivity contribution is -0.0721. The molecule has 3 rings (SSSR count). The largest absolute Gasteiger partial charge is 0.493 e. The average Bonchev–Trinajstić information content (AvgIpc) is 2.79. The van der Waals surface area contributed by atoms with Gasteiger partial charge in [0.1, 0.15) is 5.75 Å². The second-order valence-electron chi connectivity index (χ2n) is 8.21. The minimum absolute atomic E-state index is 0. The minimum Gasteiger partial charge on any atom is -0.493 e. The van der Waals surface area contributed by atoms with Crippen LogP contribution in [0.25, 0.3) is 0 Å². The Labute approximate surface area is 205 Å². The number of ether oxygens (including phenoxy) is 3. The first-order chi connectivity index (χ1) is 14.8. The molecule has 2 heterocycles. The molecule has 0 spiro atoms. The van der Waals surface area contributed by atoms with Gasteiger partial charge in [-0.2, -0.15) is 0 Å². The molecular weight excluding hydrogens is 505 g/mol. The van der Waals surface area contributed by atoms with Gasteiger partial charge in [-0.15, -0.1) is 24.0 Å². The molecule has 1 atom stereocenters. The third kappa shape index (κ3) is 9.14. The van der Waals surface area contributed by atoms with Crippen molar-refractivity contribution >= 4 is 29.9 Å². The third-order valence-electron chi connectivity index (χ3n) is 5.78. The normalized spacial score (nSPS) is 20.3. The molecule has 1 unspecified atom stereocenters. The molecule has 31 heavy (non-hydrogen) atoms. The van der Waals surface area contributed by atoms with E-state index >= 15 is 0 Å². The van der Waals surface area contributed by atoms with E-state index in [9.17, 15) is 0 Å². The van der Waals surface area contributed by atoms with Crippen molar-refractivity contribution < 1.29 is 14.2 Å². The van der Waals surface area contributed by atoms with E-state index in [1.165, 1.54) is 18.4 Å². The summed E-state index contributed by atoms with van der Waals surface area (Å²) >= 11 is 0. The van der Waals surface area contributed by atoms with Gasteiger partial charge >= 0.3 is 0 Å². The Morgan fingerprint density at radius 2 is 2.00 bits per heavy atom. The van der Waals surface area contributed by atoms with Crippen LogP contribution in [-0.4, -0.2) is 69.1 Å². The highest BCUT2D eigenvalue weighted by Gasteiger charge is 2.23. The average molecular weight is 546 g/mol. The maximum absolute atomic E-state index is 6.15. The van der Waals surface area contributed by atoms with Crippen molar-refractivity contribution in [2.75, 3.05) is 46.0 Å². The minimum atomic E-state index is 0. The molecule has 0 bridgehead atoms. The van der Waals surface area contributed by atoms with Crippen LogP contribution in [0.15, 0.2) is 29.3 Å². The van der Waals surface area contributed by atoms with E-state index in [0.717, 1.165) is 76.8 Å². The predicted molar refractivity (Wildman–Crippen MR) is 137 cm³/mol. The molecule has 1 aromatic carbocycles. The highest BCUT2D eigenvalue weighted by atomic mass is 127. The predicted octanol–water partition coefficient (Wildman–Crippen LogP) is 4.40. The lowest BCUT2D eigenvalue weighted by Gasteiger charge is -2.35. The number of piperidine rings is 1. The summed E-state index contributed by atoms with van der Waals surface area (Å²) in [4.78, 5) is 7.19. The second kappa shape index (κ2) is 14.9. The smallest absolute Gasteiger partial charge is 0.193 e. The number of hydrogen-bond donors (Lipinski definition) is 1. The van der Waals surface area contributed by atoms with Crippen molar-refractivity contribution in [2.45, 2.75) is 64.6 Å². The van der Waals surface area contributed by atoms with Crippen LogP contribution in [0.5, 0.6) is 5.75 Å². The van der Waals surface area contributed by atoms with Crippen molar-refractivity contribution in [2.24, 2.45) is 4.99 Å². The standard InChI is InChI=1S/C24H39N3O3.HI/c1-3-25-24(26-14-8-18-29-23-11-5-4-9-20(23)2)27-15-12-21(13-16-27)30-19-22-10-6-7-17-28-22;/h4-5,9,11,21-22H,3,6-8,10,12-19H2,1-2H3,(H,25,26);1H. The zero-order chi connectivity index (χ0) is 21.0. The molecule has 1 N–H and O–H groups in total. The maximum atomic E-state index is 6.15. The van der Waals surface area contributed by atoms with Crippen LogP contribution in [-0.2, 0) is 9.47 Å². The zero-order valence-electron chi connectivity index (χ0n) is 19.2. The van der Waals surface area contributed by atoms with E-state index in [4.69, 9.17) is 19.2 Å². The van der Waals surface area contributed by atoms with Crippen molar-refractivity contribution in [3.05, 3.63) is 29.8 Å². The van der Waals surface area contributed by atoms with Crippen LogP contribution < -0.4 is 10.1 Å². The number of para-hydroxylation sites is 1. The van der Waals surface area contributed by atoms with E-state index in [2.05, 4.69) is 30.1 Å². The lowest BCUT2D eigenvalue weighted by atomic mass is 10.1. The number of benzene rings is 1. The monoisotopic (exact) mass is 545 g/mol. The fraction of sp³-hybridized carbons (Fsp3) is 0.708. The first-order valence-corrected chi connectivity index (χ1v) is 11.7. The van der Waals surface area contributed by atoms with Gasteiger partial charge in [0.25, 0.3) is 0 Å². The first kappa shape index (κ1) is 26.2. The molecule has 176 valence electrons. The van der Waals surface area contributed by atoms with Gasteiger partial charge in [-0.05, 0) is 57.6 Å². The van der Waals surface area contributed by atoms with Crippen molar-refractivity contribution in [1.82, 2.24) is 10.2 Å². The topological polar surface area (TPSA) is 55.3 Å². The lowest BCUT2D eigenvalue weighted by Crippen LogP contribution is -2.47. The van der Waals surface area contributed by atoms with Crippen molar-refractivity contribution in [3.8, 4) is 5.75 Å². The first-order valence-electron chi connectivity index (χ1n) is 11.7. The summed E-state index contributed by atoms with van der Waals surface area (Å²) in [6.07, 6.45) is 7.26. The van der Waals surface area contributed by atoms with Gasteiger partial charge in [0.2, 0.25) is 0 Å². The Kier molecular flexibility index (Phi) is 12.6. The SMILES string of the molecule is CCNC(=NCCCOc1ccccc1C)N1CCC(OCC2CCCCO2)CC1.I. The van der Waals surface area contributed by atoms with E-state index in [-0.39, 0.29) is 24.0 Å². The van der Waals surface area contributed by atoms with Crippen LogP contribution in [0.1, 0.15) is 51.0 Å². The fourth-order valence-corrected chi connectivity index (χ4v) is 3.99. The van der Waals surface area contributed by atoms with Crippen LogP contribution in [0, 0.1) is 6.92 Å². The van der Waals surface area contributed by atoms with E-state index in [0.29, 0.717) is 18.8 Å². The summed E-state index contributed by atoms with van der Waals surface area (Å²) in [6, 6.07) is 8.15. The van der Waals surface area contributed by atoms with Gasteiger partial charge < -0.3 is 24.4 Å². The summed E-state index contributed by atoms with van der Waals surface area (Å²) in [7, 11) is 0. The van der Waals surface area contributed by atoms with E-state index < -0.39 is 0 Å². The van der Waals surface area contributed by atoms with Crippen LogP contribution in [0.4, 0.5) is 0 Å². The van der Waals surface area contributed by atoms with Crippen molar-refractivity contribution in [3.63, 3.8) is 0 Å². The molecule has 7 heteroatoms. The maximum Gasteiger partial charge on any atom is 0.193 e. The Bertz CT molecular complexity index is 645. The summed E-state index contributed by atoms with van der Waals surface area (Å²) < 4.78 is 17.8. The molecule has 0 saturated carbocycles. The number of rotatable bonds is 9. The summed E-state index contributed by atoms with van der Waals surface area (Å²) in [5.74, 6) is 1.98. The fourth-order valence-electron chi connectivity index (χ4n) is 3.99. The van der Waals surface area contributed by atoms with Gasteiger partial charge in [0, 0.05) is 39.2 Å². The van der Waals surface area contributed by atoms with Crippen molar-refractivity contribution in [1.29, 1.82) is 0 Å². The Hall–Kier alpha value is -1.06. The number of nitrogens with one attached hydrogen (secondary N) is 1. The van der Waals surface area contributed by atoms with Crippen LogP contribution >= 0.6 is 24.0 Å². The summed E-state index contributed by atoms with van der Waals surface area (Å²) in [5.41, 5.74) is 1.18. The number of likely N-dealkylation sites (tertiary alicyclic amines) is 1. The van der Waals surface area contributed by atoms with E-state index in [1.54, 1.807) is 0 Å². The molecule has 2 aliphatic heterocycles. The number of aliphatic imine (C=N–C) groups is 1. The molecule has 6 nitrogen and oxygen atoms in total. The number of hydrogen-bond acceptors (Lipinski definition) is 4.